The van der Waals surface area contributed by atoms with Gasteiger partial charge in [-0.3, -0.25) is 4.90 Å². The lowest BCUT2D eigenvalue weighted by Gasteiger charge is -2.20. The molecule has 0 fully saturated rings. The number of benzene rings is 1. The zero-order valence-corrected chi connectivity index (χ0v) is 11.4. The van der Waals surface area contributed by atoms with Gasteiger partial charge < -0.3 is 9.84 Å². The smallest absolute Gasteiger partial charge is 0.122 e. The molecule has 0 heterocycles. The molecule has 1 N–H and O–H groups in total. The third-order valence-corrected chi connectivity index (χ3v) is 2.81. The van der Waals surface area contributed by atoms with Crippen molar-refractivity contribution in [1.29, 1.82) is 0 Å². The number of aryl methyl sites for hydroxylation is 2. The first-order valence-corrected chi connectivity index (χ1v) is 6.31. The summed E-state index contributed by atoms with van der Waals surface area (Å²) in [5.41, 5.74) is 2.35. The predicted octanol–water partition coefficient (Wildman–Crippen LogP) is 2.16. The van der Waals surface area contributed by atoms with Crippen molar-refractivity contribution < 1.29 is 9.84 Å². The summed E-state index contributed by atoms with van der Waals surface area (Å²) < 4.78 is 5.78. The van der Waals surface area contributed by atoms with Crippen molar-refractivity contribution in [2.24, 2.45) is 0 Å². The molecule has 0 atom stereocenters. The fourth-order valence-electron chi connectivity index (χ4n) is 1.77. The Morgan fingerprint density at radius 1 is 1.33 bits per heavy atom. The summed E-state index contributed by atoms with van der Waals surface area (Å²) in [7, 11) is 0. The van der Waals surface area contributed by atoms with Gasteiger partial charge in [-0.25, -0.2) is 0 Å². The molecule has 0 aliphatic carbocycles. The van der Waals surface area contributed by atoms with Gasteiger partial charge >= 0.3 is 0 Å². The molecule has 3 heteroatoms. The van der Waals surface area contributed by atoms with Crippen molar-refractivity contribution in [2.45, 2.75) is 13.8 Å². The van der Waals surface area contributed by atoms with E-state index < -0.39 is 0 Å². The highest BCUT2D eigenvalue weighted by molar-refractivity contribution is 5.35. The zero-order valence-electron chi connectivity index (χ0n) is 11.4. The minimum absolute atomic E-state index is 0.164. The van der Waals surface area contributed by atoms with Crippen LogP contribution in [0, 0.1) is 13.8 Å². The summed E-state index contributed by atoms with van der Waals surface area (Å²) in [4.78, 5) is 2.11. The van der Waals surface area contributed by atoms with Crippen LogP contribution in [-0.2, 0) is 0 Å². The van der Waals surface area contributed by atoms with Gasteiger partial charge in [-0.15, -0.1) is 6.58 Å². The topological polar surface area (TPSA) is 32.7 Å². The lowest BCUT2D eigenvalue weighted by molar-refractivity contribution is 0.179. The van der Waals surface area contributed by atoms with Gasteiger partial charge in [0.1, 0.15) is 12.4 Å². The van der Waals surface area contributed by atoms with Crippen molar-refractivity contribution in [3.63, 3.8) is 0 Å². The maximum absolute atomic E-state index is 8.94. The summed E-state index contributed by atoms with van der Waals surface area (Å²) >= 11 is 0. The number of hydrogen-bond donors (Lipinski definition) is 1. The summed E-state index contributed by atoms with van der Waals surface area (Å²) in [6.45, 7) is 10.8. The summed E-state index contributed by atoms with van der Waals surface area (Å²) in [5.74, 6) is 0.942. The second kappa shape index (κ2) is 7.90. The molecule has 1 aromatic rings. The van der Waals surface area contributed by atoms with E-state index in [4.69, 9.17) is 9.84 Å². The third kappa shape index (κ3) is 4.90. The molecular formula is C15H23NO2. The molecule has 0 spiro atoms. The molecule has 0 radical (unpaired) electrons. The van der Waals surface area contributed by atoms with Crippen LogP contribution in [-0.4, -0.2) is 42.9 Å². The van der Waals surface area contributed by atoms with E-state index >= 15 is 0 Å². The number of aliphatic hydroxyl groups excluding tert-OH is 1. The Labute approximate surface area is 110 Å². The van der Waals surface area contributed by atoms with Crippen molar-refractivity contribution in [2.75, 3.05) is 32.8 Å². The summed E-state index contributed by atoms with van der Waals surface area (Å²) in [6, 6.07) is 6.21. The molecule has 3 nitrogen and oxygen atoms in total. The number of nitrogens with zero attached hydrogens (tertiary/aromatic N) is 1. The SMILES string of the molecule is C=CCN(CCO)CCOc1cc(C)ccc1C. The fourth-order valence-corrected chi connectivity index (χ4v) is 1.77. The molecule has 0 saturated carbocycles. The highest BCUT2D eigenvalue weighted by Gasteiger charge is 2.04. The molecule has 0 amide bonds. The van der Waals surface area contributed by atoms with Gasteiger partial charge in [0.2, 0.25) is 0 Å². The van der Waals surface area contributed by atoms with Crippen molar-refractivity contribution in [3.05, 3.63) is 42.0 Å². The Bertz CT molecular complexity index is 377. The van der Waals surface area contributed by atoms with Crippen molar-refractivity contribution >= 4 is 0 Å². The normalized spacial score (nSPS) is 10.7. The second-order valence-corrected chi connectivity index (χ2v) is 4.43. The van der Waals surface area contributed by atoms with E-state index in [2.05, 4.69) is 36.6 Å². The van der Waals surface area contributed by atoms with E-state index in [0.29, 0.717) is 13.2 Å². The molecule has 0 aromatic heterocycles. The molecule has 1 rings (SSSR count). The molecular weight excluding hydrogens is 226 g/mol. The maximum atomic E-state index is 8.94. The molecule has 0 bridgehead atoms. The third-order valence-electron chi connectivity index (χ3n) is 2.81. The summed E-state index contributed by atoms with van der Waals surface area (Å²) in [5, 5.41) is 8.94. The first kappa shape index (κ1) is 14.7. The molecule has 100 valence electrons. The Morgan fingerprint density at radius 3 is 2.78 bits per heavy atom. The van der Waals surface area contributed by atoms with E-state index in [1.165, 1.54) is 5.56 Å². The minimum Gasteiger partial charge on any atom is -0.492 e. The van der Waals surface area contributed by atoms with E-state index in [-0.39, 0.29) is 6.61 Å². The molecule has 18 heavy (non-hydrogen) atoms. The van der Waals surface area contributed by atoms with Crippen LogP contribution in [0.15, 0.2) is 30.9 Å². The number of ether oxygens (including phenoxy) is 1. The zero-order chi connectivity index (χ0) is 13.4. The van der Waals surface area contributed by atoms with Gasteiger partial charge in [-0.2, -0.15) is 0 Å². The fraction of sp³-hybridized carbons (Fsp3) is 0.467. The first-order chi connectivity index (χ1) is 8.67. The van der Waals surface area contributed by atoms with E-state index in [1.807, 2.05) is 13.0 Å². The van der Waals surface area contributed by atoms with Crippen molar-refractivity contribution in [3.8, 4) is 5.75 Å². The quantitative estimate of drug-likeness (QED) is 0.717. The highest BCUT2D eigenvalue weighted by atomic mass is 16.5. The molecule has 1 aromatic carbocycles. The van der Waals surface area contributed by atoms with Crippen LogP contribution in [0.25, 0.3) is 0 Å². The first-order valence-electron chi connectivity index (χ1n) is 6.31. The van der Waals surface area contributed by atoms with Gasteiger partial charge in [-0.05, 0) is 31.0 Å². The molecule has 0 saturated heterocycles. The Kier molecular flexibility index (Phi) is 6.47. The van der Waals surface area contributed by atoms with Gasteiger partial charge in [-0.1, -0.05) is 18.2 Å². The Hall–Kier alpha value is -1.32. The minimum atomic E-state index is 0.164. The lowest BCUT2D eigenvalue weighted by atomic mass is 10.1. The van der Waals surface area contributed by atoms with Crippen LogP contribution in [0.2, 0.25) is 0 Å². The Balaban J connectivity index is 2.44. The summed E-state index contributed by atoms with van der Waals surface area (Å²) in [6.07, 6.45) is 1.84. The van der Waals surface area contributed by atoms with E-state index in [9.17, 15) is 0 Å². The monoisotopic (exact) mass is 249 g/mol. The largest absolute Gasteiger partial charge is 0.492 e. The number of rotatable bonds is 8. The highest BCUT2D eigenvalue weighted by Crippen LogP contribution is 2.18. The maximum Gasteiger partial charge on any atom is 0.122 e. The van der Waals surface area contributed by atoms with Gasteiger partial charge in [0, 0.05) is 19.6 Å². The molecule has 0 aliphatic heterocycles. The average Bonchev–Trinajstić information content (AvgIpc) is 2.34. The van der Waals surface area contributed by atoms with Crippen LogP contribution >= 0.6 is 0 Å². The predicted molar refractivity (Wildman–Crippen MR) is 75.1 cm³/mol. The van der Waals surface area contributed by atoms with Gasteiger partial charge in [0.05, 0.1) is 6.61 Å². The number of aliphatic hydroxyl groups is 1. The lowest BCUT2D eigenvalue weighted by Crippen LogP contribution is -2.31. The van der Waals surface area contributed by atoms with Crippen LogP contribution in [0.3, 0.4) is 0 Å². The van der Waals surface area contributed by atoms with Crippen LogP contribution in [0.4, 0.5) is 0 Å². The number of hydrogen-bond acceptors (Lipinski definition) is 3. The van der Waals surface area contributed by atoms with Crippen molar-refractivity contribution in [1.82, 2.24) is 4.90 Å². The average molecular weight is 249 g/mol. The van der Waals surface area contributed by atoms with E-state index in [1.54, 1.807) is 0 Å². The van der Waals surface area contributed by atoms with Crippen LogP contribution in [0.1, 0.15) is 11.1 Å². The Morgan fingerprint density at radius 2 is 2.11 bits per heavy atom. The second-order valence-electron chi connectivity index (χ2n) is 4.43. The standard InChI is InChI=1S/C15H23NO2/c1-4-7-16(8-10-17)9-11-18-15-12-13(2)5-6-14(15)3/h4-6,12,17H,1,7-11H2,2-3H3. The van der Waals surface area contributed by atoms with E-state index in [0.717, 1.165) is 24.4 Å². The van der Waals surface area contributed by atoms with Gasteiger partial charge in [0.15, 0.2) is 0 Å². The van der Waals surface area contributed by atoms with Crippen LogP contribution in [0.5, 0.6) is 5.75 Å². The van der Waals surface area contributed by atoms with Gasteiger partial charge in [0.25, 0.3) is 0 Å². The van der Waals surface area contributed by atoms with Crippen LogP contribution < -0.4 is 4.74 Å². The molecule has 0 aliphatic rings. The molecule has 0 unspecified atom stereocenters.